The maximum Gasteiger partial charge on any atom is 0.225 e. The number of carbonyl (C=O) groups is 2. The highest BCUT2D eigenvalue weighted by Crippen LogP contribution is 2.36. The van der Waals surface area contributed by atoms with Crippen molar-refractivity contribution in [3.05, 3.63) is 71.3 Å². The zero-order chi connectivity index (χ0) is 19.2. The first-order valence-corrected chi connectivity index (χ1v) is 9.78. The molecule has 0 unspecified atom stereocenters. The summed E-state index contributed by atoms with van der Waals surface area (Å²) in [6, 6.07) is 18.1. The lowest BCUT2D eigenvalue weighted by Crippen LogP contribution is -2.48. The van der Waals surface area contributed by atoms with Crippen molar-refractivity contribution in [2.24, 2.45) is 5.92 Å². The van der Waals surface area contributed by atoms with Gasteiger partial charge in [-0.05, 0) is 37.8 Å². The van der Waals surface area contributed by atoms with Crippen molar-refractivity contribution < 1.29 is 9.59 Å². The highest BCUT2D eigenvalue weighted by Gasteiger charge is 2.39. The van der Waals surface area contributed by atoms with E-state index in [2.05, 4.69) is 30.4 Å². The maximum absolute atomic E-state index is 13.0. The second kappa shape index (κ2) is 8.85. The van der Waals surface area contributed by atoms with Crippen molar-refractivity contribution in [3.8, 4) is 0 Å². The van der Waals surface area contributed by atoms with Crippen LogP contribution in [0.1, 0.15) is 42.5 Å². The number of likely N-dealkylation sites (tertiary alicyclic amines) is 1. The average Bonchev–Trinajstić information content (AvgIpc) is 2.68. The summed E-state index contributed by atoms with van der Waals surface area (Å²) in [4.78, 5) is 27.2. The van der Waals surface area contributed by atoms with E-state index in [1.807, 2.05) is 48.2 Å². The molecule has 2 aromatic carbocycles. The third-order valence-corrected chi connectivity index (χ3v) is 5.32. The zero-order valence-electron chi connectivity index (χ0n) is 16.2. The molecule has 3 rings (SSSR count). The van der Waals surface area contributed by atoms with Crippen LogP contribution in [0.5, 0.6) is 0 Å². The summed E-state index contributed by atoms with van der Waals surface area (Å²) in [6.07, 6.45) is 1.85. The molecule has 0 bridgehead atoms. The van der Waals surface area contributed by atoms with E-state index >= 15 is 0 Å². The minimum atomic E-state index is -0.206. The number of benzene rings is 2. The van der Waals surface area contributed by atoms with Crippen LogP contribution in [0.2, 0.25) is 0 Å². The fourth-order valence-electron chi connectivity index (χ4n) is 3.99. The molecule has 0 radical (unpaired) electrons. The SMILES string of the molecule is CCN1C(=O)CC[C@@H](C(=O)NCCc2cccc(C)c2)[C@@H]1c1ccccc1. The molecule has 0 aromatic heterocycles. The molecule has 4 nitrogen and oxygen atoms in total. The highest BCUT2D eigenvalue weighted by atomic mass is 16.2. The molecular formula is C23H28N2O2. The molecule has 1 N–H and O–H groups in total. The summed E-state index contributed by atoms with van der Waals surface area (Å²) >= 11 is 0. The van der Waals surface area contributed by atoms with Crippen LogP contribution in [-0.2, 0) is 16.0 Å². The van der Waals surface area contributed by atoms with Crippen LogP contribution in [0.15, 0.2) is 54.6 Å². The van der Waals surface area contributed by atoms with E-state index in [0.29, 0.717) is 25.9 Å². The van der Waals surface area contributed by atoms with Gasteiger partial charge in [0, 0.05) is 19.5 Å². The standard InChI is InChI=1S/C23H28N2O2/c1-3-25-21(26)13-12-20(22(25)19-10-5-4-6-11-19)23(27)24-15-14-18-9-7-8-17(2)16-18/h4-11,16,20,22H,3,12-15H2,1-2H3,(H,24,27)/t20-,22+/m1/s1. The first-order valence-electron chi connectivity index (χ1n) is 9.78. The fraction of sp³-hybridized carbons (Fsp3) is 0.391. The number of hydrogen-bond donors (Lipinski definition) is 1. The summed E-state index contributed by atoms with van der Waals surface area (Å²) < 4.78 is 0. The smallest absolute Gasteiger partial charge is 0.225 e. The second-order valence-electron chi connectivity index (χ2n) is 7.21. The van der Waals surface area contributed by atoms with Crippen LogP contribution in [-0.4, -0.2) is 29.8 Å². The Kier molecular flexibility index (Phi) is 6.28. The van der Waals surface area contributed by atoms with Gasteiger partial charge < -0.3 is 10.2 Å². The lowest BCUT2D eigenvalue weighted by atomic mass is 9.83. The summed E-state index contributed by atoms with van der Waals surface area (Å²) in [6.45, 7) is 5.28. The summed E-state index contributed by atoms with van der Waals surface area (Å²) in [5, 5.41) is 3.10. The molecule has 142 valence electrons. The van der Waals surface area contributed by atoms with E-state index < -0.39 is 0 Å². The van der Waals surface area contributed by atoms with Crippen molar-refractivity contribution in [1.29, 1.82) is 0 Å². The Hall–Kier alpha value is -2.62. The molecule has 0 spiro atoms. The van der Waals surface area contributed by atoms with Gasteiger partial charge in [0.1, 0.15) is 0 Å². The van der Waals surface area contributed by atoms with Gasteiger partial charge in [-0.15, -0.1) is 0 Å². The van der Waals surface area contributed by atoms with E-state index in [1.165, 1.54) is 11.1 Å². The molecule has 4 heteroatoms. The van der Waals surface area contributed by atoms with Crippen molar-refractivity contribution in [2.45, 2.75) is 39.2 Å². The zero-order valence-corrected chi connectivity index (χ0v) is 16.2. The largest absolute Gasteiger partial charge is 0.355 e. The molecule has 1 aliphatic heterocycles. The third-order valence-electron chi connectivity index (χ3n) is 5.32. The predicted octanol–water partition coefficient (Wildman–Crippen LogP) is 3.65. The molecule has 0 saturated carbocycles. The van der Waals surface area contributed by atoms with Crippen LogP contribution >= 0.6 is 0 Å². The van der Waals surface area contributed by atoms with Gasteiger partial charge in [-0.3, -0.25) is 9.59 Å². The minimum absolute atomic E-state index is 0.0439. The number of rotatable bonds is 6. The number of nitrogens with one attached hydrogen (secondary N) is 1. The van der Waals surface area contributed by atoms with Crippen LogP contribution in [0.3, 0.4) is 0 Å². The first-order chi connectivity index (χ1) is 13.1. The number of piperidine rings is 1. The van der Waals surface area contributed by atoms with Gasteiger partial charge in [-0.2, -0.15) is 0 Å². The van der Waals surface area contributed by atoms with Crippen molar-refractivity contribution in [2.75, 3.05) is 13.1 Å². The average molecular weight is 364 g/mol. The quantitative estimate of drug-likeness (QED) is 0.850. The Morgan fingerprint density at radius 1 is 1.15 bits per heavy atom. The van der Waals surface area contributed by atoms with Gasteiger partial charge in [0.25, 0.3) is 0 Å². The number of amides is 2. The lowest BCUT2D eigenvalue weighted by Gasteiger charge is -2.40. The fourth-order valence-corrected chi connectivity index (χ4v) is 3.99. The molecule has 2 amide bonds. The predicted molar refractivity (Wildman–Crippen MR) is 107 cm³/mol. The first kappa shape index (κ1) is 19.2. The molecule has 0 aliphatic carbocycles. The Morgan fingerprint density at radius 2 is 1.93 bits per heavy atom. The van der Waals surface area contributed by atoms with Crippen molar-refractivity contribution in [1.82, 2.24) is 10.2 Å². The van der Waals surface area contributed by atoms with Crippen LogP contribution < -0.4 is 5.32 Å². The van der Waals surface area contributed by atoms with Gasteiger partial charge >= 0.3 is 0 Å². The molecule has 2 aromatic rings. The van der Waals surface area contributed by atoms with Crippen LogP contribution in [0.25, 0.3) is 0 Å². The van der Waals surface area contributed by atoms with Crippen molar-refractivity contribution in [3.63, 3.8) is 0 Å². The van der Waals surface area contributed by atoms with Crippen LogP contribution in [0, 0.1) is 12.8 Å². The highest BCUT2D eigenvalue weighted by molar-refractivity contribution is 5.85. The normalized spacial score (nSPS) is 19.8. The Labute approximate surface area is 161 Å². The third kappa shape index (κ3) is 4.57. The van der Waals surface area contributed by atoms with E-state index in [9.17, 15) is 9.59 Å². The Morgan fingerprint density at radius 3 is 2.63 bits per heavy atom. The van der Waals surface area contributed by atoms with Gasteiger partial charge in [0.2, 0.25) is 11.8 Å². The molecule has 1 fully saturated rings. The van der Waals surface area contributed by atoms with E-state index in [-0.39, 0.29) is 23.8 Å². The molecule has 27 heavy (non-hydrogen) atoms. The van der Waals surface area contributed by atoms with Gasteiger partial charge in [0.15, 0.2) is 0 Å². The Balaban J connectivity index is 1.70. The van der Waals surface area contributed by atoms with E-state index in [1.54, 1.807) is 0 Å². The minimum Gasteiger partial charge on any atom is -0.355 e. The van der Waals surface area contributed by atoms with Gasteiger partial charge in [0.05, 0.1) is 12.0 Å². The van der Waals surface area contributed by atoms with Crippen molar-refractivity contribution >= 4 is 11.8 Å². The molecule has 1 heterocycles. The molecule has 1 saturated heterocycles. The van der Waals surface area contributed by atoms with Gasteiger partial charge in [-0.25, -0.2) is 0 Å². The number of carbonyl (C=O) groups excluding carboxylic acids is 2. The summed E-state index contributed by atoms with van der Waals surface area (Å²) in [5.41, 5.74) is 3.49. The second-order valence-corrected chi connectivity index (χ2v) is 7.21. The molecule has 2 atom stereocenters. The molecular weight excluding hydrogens is 336 g/mol. The number of hydrogen-bond acceptors (Lipinski definition) is 2. The summed E-state index contributed by atoms with van der Waals surface area (Å²) in [5.74, 6) is -0.0276. The summed E-state index contributed by atoms with van der Waals surface area (Å²) in [7, 11) is 0. The van der Waals surface area contributed by atoms with E-state index in [0.717, 1.165) is 12.0 Å². The number of nitrogens with zero attached hydrogens (tertiary/aromatic N) is 1. The Bertz CT molecular complexity index is 788. The maximum atomic E-state index is 13.0. The molecule has 1 aliphatic rings. The monoisotopic (exact) mass is 364 g/mol. The van der Waals surface area contributed by atoms with Crippen LogP contribution in [0.4, 0.5) is 0 Å². The lowest BCUT2D eigenvalue weighted by molar-refractivity contribution is -0.143. The van der Waals surface area contributed by atoms with Gasteiger partial charge in [-0.1, -0.05) is 60.2 Å². The van der Waals surface area contributed by atoms with E-state index in [4.69, 9.17) is 0 Å². The number of aryl methyl sites for hydroxylation is 1. The topological polar surface area (TPSA) is 49.4 Å².